The predicted octanol–water partition coefficient (Wildman–Crippen LogP) is 1.73. The lowest BCUT2D eigenvalue weighted by molar-refractivity contribution is -0.384. The Labute approximate surface area is 116 Å². The molecule has 0 aliphatic carbocycles. The van der Waals surface area contributed by atoms with Crippen LogP contribution in [0.1, 0.15) is 31.1 Å². The average Bonchev–Trinajstić information content (AvgIpc) is 2.38. The molecule has 1 unspecified atom stereocenters. The highest BCUT2D eigenvalue weighted by atomic mass is 16.6. The number of rotatable bonds is 6. The number of Topliss-reactive ketones (excluding diaryl/α,β-unsaturated/α-hetero) is 1. The number of hydrogen-bond acceptors (Lipinski definition) is 5. The van der Waals surface area contributed by atoms with Crippen molar-refractivity contribution in [3.8, 4) is 0 Å². The molecule has 0 aliphatic heterocycles. The van der Waals surface area contributed by atoms with Gasteiger partial charge < -0.3 is 10.6 Å². The van der Waals surface area contributed by atoms with Crippen LogP contribution in [0.3, 0.4) is 0 Å². The third-order valence-corrected chi connectivity index (χ3v) is 2.72. The average molecular weight is 279 g/mol. The highest BCUT2D eigenvalue weighted by molar-refractivity contribution is 5.95. The van der Waals surface area contributed by atoms with Gasteiger partial charge >= 0.3 is 0 Å². The van der Waals surface area contributed by atoms with E-state index in [1.54, 1.807) is 13.8 Å². The fourth-order valence-corrected chi connectivity index (χ4v) is 1.65. The van der Waals surface area contributed by atoms with Gasteiger partial charge in [0.05, 0.1) is 4.92 Å². The molecule has 20 heavy (non-hydrogen) atoms. The lowest BCUT2D eigenvalue weighted by Gasteiger charge is -2.14. The van der Waals surface area contributed by atoms with Crippen LogP contribution in [0.4, 0.5) is 11.4 Å². The zero-order valence-electron chi connectivity index (χ0n) is 11.6. The van der Waals surface area contributed by atoms with Crippen molar-refractivity contribution in [1.82, 2.24) is 5.32 Å². The van der Waals surface area contributed by atoms with Crippen LogP contribution in [-0.4, -0.2) is 29.2 Å². The summed E-state index contributed by atoms with van der Waals surface area (Å²) in [6, 6.07) is 3.51. The summed E-state index contributed by atoms with van der Waals surface area (Å²) in [6.07, 6.45) is 0. The standard InChI is InChI=1S/C13H17N3O4/c1-4-14-13(18)8(2)15-11-6-5-10(9(3)17)7-12(11)16(19)20/h5-8,15H,4H2,1-3H3,(H,14,18). The SMILES string of the molecule is CCNC(=O)C(C)Nc1ccc(C(C)=O)cc1[N+](=O)[O-]. The number of nitro groups is 1. The first-order valence-corrected chi connectivity index (χ1v) is 6.20. The molecule has 1 aromatic carbocycles. The Kier molecular flexibility index (Phi) is 5.19. The Hall–Kier alpha value is -2.44. The minimum Gasteiger partial charge on any atom is -0.368 e. The third-order valence-electron chi connectivity index (χ3n) is 2.72. The summed E-state index contributed by atoms with van der Waals surface area (Å²) in [5.74, 6) is -0.506. The maximum absolute atomic E-state index is 11.6. The van der Waals surface area contributed by atoms with Crippen molar-refractivity contribution in [3.05, 3.63) is 33.9 Å². The maximum Gasteiger partial charge on any atom is 0.293 e. The number of amides is 1. The van der Waals surface area contributed by atoms with Crippen LogP contribution in [0.15, 0.2) is 18.2 Å². The second-order valence-corrected chi connectivity index (χ2v) is 4.31. The first-order valence-electron chi connectivity index (χ1n) is 6.20. The van der Waals surface area contributed by atoms with E-state index in [4.69, 9.17) is 0 Å². The van der Waals surface area contributed by atoms with Crippen LogP contribution in [0.5, 0.6) is 0 Å². The van der Waals surface area contributed by atoms with Gasteiger partial charge in [0, 0.05) is 18.2 Å². The fraction of sp³-hybridized carbons (Fsp3) is 0.385. The molecule has 0 aromatic heterocycles. The summed E-state index contributed by atoms with van der Waals surface area (Å²) >= 11 is 0. The number of carbonyl (C=O) groups excluding carboxylic acids is 2. The van der Waals surface area contributed by atoms with Crippen molar-refractivity contribution in [2.24, 2.45) is 0 Å². The van der Waals surface area contributed by atoms with Crippen molar-refractivity contribution in [2.75, 3.05) is 11.9 Å². The van der Waals surface area contributed by atoms with Crippen molar-refractivity contribution in [2.45, 2.75) is 26.8 Å². The van der Waals surface area contributed by atoms with Gasteiger partial charge in [0.25, 0.3) is 5.69 Å². The molecule has 0 spiro atoms. The Morgan fingerprint density at radius 1 is 1.40 bits per heavy atom. The summed E-state index contributed by atoms with van der Waals surface area (Å²) < 4.78 is 0. The van der Waals surface area contributed by atoms with Crippen LogP contribution >= 0.6 is 0 Å². The number of carbonyl (C=O) groups is 2. The second kappa shape index (κ2) is 6.65. The molecule has 1 atom stereocenters. The molecule has 0 saturated carbocycles. The first kappa shape index (κ1) is 15.6. The molecule has 108 valence electrons. The number of likely N-dealkylation sites (N-methyl/N-ethyl adjacent to an activating group) is 1. The second-order valence-electron chi connectivity index (χ2n) is 4.31. The van der Waals surface area contributed by atoms with Crippen LogP contribution in [0.25, 0.3) is 0 Å². The summed E-state index contributed by atoms with van der Waals surface area (Å²) in [6.45, 7) is 5.21. The summed E-state index contributed by atoms with van der Waals surface area (Å²) in [5.41, 5.74) is 0.237. The zero-order chi connectivity index (χ0) is 15.3. The smallest absolute Gasteiger partial charge is 0.293 e. The molecule has 0 bridgehead atoms. The summed E-state index contributed by atoms with van der Waals surface area (Å²) in [5, 5.41) is 16.4. The molecule has 1 amide bonds. The number of nitrogens with one attached hydrogen (secondary N) is 2. The Balaban J connectivity index is 3.03. The van der Waals surface area contributed by atoms with Gasteiger partial charge in [-0.15, -0.1) is 0 Å². The molecule has 0 fully saturated rings. The highest BCUT2D eigenvalue weighted by Crippen LogP contribution is 2.26. The van der Waals surface area contributed by atoms with Crippen LogP contribution in [0, 0.1) is 10.1 Å². The number of nitro benzene ring substituents is 1. The molecule has 1 aromatic rings. The quantitative estimate of drug-likeness (QED) is 0.469. The maximum atomic E-state index is 11.6. The molecule has 7 nitrogen and oxygen atoms in total. The van der Waals surface area contributed by atoms with Crippen LogP contribution < -0.4 is 10.6 Å². The third kappa shape index (κ3) is 3.78. The van der Waals surface area contributed by atoms with E-state index in [1.807, 2.05) is 0 Å². The molecular weight excluding hydrogens is 262 g/mol. The summed E-state index contributed by atoms with van der Waals surface area (Å²) in [7, 11) is 0. The molecule has 0 aliphatic rings. The van der Waals surface area contributed by atoms with Gasteiger partial charge in [0.1, 0.15) is 11.7 Å². The number of nitrogens with zero attached hydrogens (tertiary/aromatic N) is 1. The lowest BCUT2D eigenvalue weighted by Crippen LogP contribution is -2.37. The van der Waals surface area contributed by atoms with E-state index in [2.05, 4.69) is 10.6 Å². The summed E-state index contributed by atoms with van der Waals surface area (Å²) in [4.78, 5) is 33.3. The molecule has 0 heterocycles. The van der Waals surface area contributed by atoms with Gasteiger partial charge in [-0.25, -0.2) is 0 Å². The van der Waals surface area contributed by atoms with E-state index < -0.39 is 11.0 Å². The largest absolute Gasteiger partial charge is 0.368 e. The number of ketones is 1. The zero-order valence-corrected chi connectivity index (χ0v) is 11.6. The molecule has 0 radical (unpaired) electrons. The Morgan fingerprint density at radius 2 is 2.05 bits per heavy atom. The molecule has 1 rings (SSSR count). The lowest BCUT2D eigenvalue weighted by atomic mass is 10.1. The van der Waals surface area contributed by atoms with Gasteiger partial charge in [-0.3, -0.25) is 19.7 Å². The van der Waals surface area contributed by atoms with Crippen molar-refractivity contribution >= 4 is 23.1 Å². The monoisotopic (exact) mass is 279 g/mol. The fourth-order valence-electron chi connectivity index (χ4n) is 1.65. The minimum atomic E-state index is -0.614. The molecular formula is C13H17N3O4. The van der Waals surface area contributed by atoms with Crippen molar-refractivity contribution in [1.29, 1.82) is 0 Å². The van der Waals surface area contributed by atoms with Gasteiger partial charge in [0.2, 0.25) is 5.91 Å². The topological polar surface area (TPSA) is 101 Å². The number of hydrogen-bond donors (Lipinski definition) is 2. The van der Waals surface area contributed by atoms with E-state index in [0.717, 1.165) is 0 Å². The molecule has 7 heteroatoms. The predicted molar refractivity (Wildman–Crippen MR) is 74.9 cm³/mol. The van der Waals surface area contributed by atoms with E-state index in [1.165, 1.54) is 25.1 Å². The van der Waals surface area contributed by atoms with E-state index in [0.29, 0.717) is 6.54 Å². The van der Waals surface area contributed by atoms with Gasteiger partial charge in [0.15, 0.2) is 5.78 Å². The Morgan fingerprint density at radius 3 is 2.55 bits per heavy atom. The molecule has 0 saturated heterocycles. The van der Waals surface area contributed by atoms with Crippen molar-refractivity contribution in [3.63, 3.8) is 0 Å². The first-order chi connectivity index (χ1) is 9.36. The highest BCUT2D eigenvalue weighted by Gasteiger charge is 2.20. The Bertz CT molecular complexity index is 542. The van der Waals surface area contributed by atoms with Gasteiger partial charge in [-0.1, -0.05) is 0 Å². The normalized spacial score (nSPS) is 11.6. The van der Waals surface area contributed by atoms with Crippen LogP contribution in [0.2, 0.25) is 0 Å². The number of anilines is 1. The van der Waals surface area contributed by atoms with Gasteiger partial charge in [-0.2, -0.15) is 0 Å². The van der Waals surface area contributed by atoms with E-state index >= 15 is 0 Å². The van der Waals surface area contributed by atoms with Crippen molar-refractivity contribution < 1.29 is 14.5 Å². The van der Waals surface area contributed by atoms with E-state index in [9.17, 15) is 19.7 Å². The number of benzene rings is 1. The molecule has 2 N–H and O–H groups in total. The van der Waals surface area contributed by atoms with E-state index in [-0.39, 0.29) is 28.6 Å². The minimum absolute atomic E-state index is 0.207. The van der Waals surface area contributed by atoms with Gasteiger partial charge in [-0.05, 0) is 32.9 Å². The van der Waals surface area contributed by atoms with Crippen LogP contribution in [-0.2, 0) is 4.79 Å².